The summed E-state index contributed by atoms with van der Waals surface area (Å²) < 4.78 is 13.4. The van der Waals surface area contributed by atoms with Crippen LogP contribution in [0.15, 0.2) is 91.1 Å². The van der Waals surface area contributed by atoms with Gasteiger partial charge in [-0.25, -0.2) is 4.39 Å². The number of aromatic nitrogens is 3. The Hall–Kier alpha value is -3.60. The van der Waals surface area contributed by atoms with Crippen molar-refractivity contribution in [2.24, 2.45) is 0 Å². The van der Waals surface area contributed by atoms with Gasteiger partial charge >= 0.3 is 0 Å². The Morgan fingerprint density at radius 2 is 1.54 bits per heavy atom. The van der Waals surface area contributed by atoms with Crippen LogP contribution in [-0.2, 0) is 0 Å². The third kappa shape index (κ3) is 3.88. The lowest BCUT2D eigenvalue weighted by atomic mass is 9.98. The molecule has 0 spiro atoms. The van der Waals surface area contributed by atoms with Crippen LogP contribution in [0.1, 0.15) is 28.4 Å². The van der Waals surface area contributed by atoms with E-state index in [2.05, 4.69) is 10.2 Å². The lowest BCUT2D eigenvalue weighted by molar-refractivity contribution is 0.0964. The highest BCUT2D eigenvalue weighted by Gasteiger charge is 2.21. The van der Waals surface area contributed by atoms with Crippen molar-refractivity contribution in [3.05, 3.63) is 108 Å². The van der Waals surface area contributed by atoms with Gasteiger partial charge in [0.25, 0.3) is 0 Å². The first-order valence-electron chi connectivity index (χ1n) is 9.01. The number of carbonyl (C=O) groups excluding carboxylic acids is 1. The lowest BCUT2D eigenvalue weighted by Crippen LogP contribution is -2.18. The second kappa shape index (κ2) is 7.96. The minimum Gasteiger partial charge on any atom is -0.294 e. The molecule has 0 amide bonds. The van der Waals surface area contributed by atoms with E-state index < -0.39 is 6.04 Å². The maximum absolute atomic E-state index is 13.4. The molecule has 1 unspecified atom stereocenters. The van der Waals surface area contributed by atoms with Gasteiger partial charge in [0.1, 0.15) is 17.6 Å². The van der Waals surface area contributed by atoms with Gasteiger partial charge in [-0.15, -0.1) is 0 Å². The maximum atomic E-state index is 13.4. The first-order chi connectivity index (χ1) is 13.7. The van der Waals surface area contributed by atoms with Crippen molar-refractivity contribution >= 4 is 5.78 Å². The number of halogens is 1. The van der Waals surface area contributed by atoms with Crippen molar-refractivity contribution in [3.8, 4) is 11.3 Å². The van der Waals surface area contributed by atoms with Gasteiger partial charge in [0.15, 0.2) is 5.78 Å². The number of hydrogen-bond donors (Lipinski definition) is 0. The Morgan fingerprint density at radius 3 is 2.21 bits per heavy atom. The molecule has 1 heterocycles. The summed E-state index contributed by atoms with van der Waals surface area (Å²) in [6.07, 6.45) is 1.86. The van der Waals surface area contributed by atoms with E-state index in [0.717, 1.165) is 16.8 Å². The van der Waals surface area contributed by atoms with Crippen molar-refractivity contribution in [3.63, 3.8) is 0 Å². The van der Waals surface area contributed by atoms with Crippen molar-refractivity contribution < 1.29 is 9.18 Å². The van der Waals surface area contributed by atoms with Crippen molar-refractivity contribution in [2.45, 2.75) is 12.5 Å². The summed E-state index contributed by atoms with van der Waals surface area (Å²) in [6.45, 7) is 0. The third-order valence-corrected chi connectivity index (χ3v) is 4.59. The molecular formula is C23H18FN3O. The number of Topliss-reactive ketones (excluding diaryl/α,β-unsaturated/α-hetero) is 1. The molecule has 5 heteroatoms. The molecule has 0 bridgehead atoms. The average molecular weight is 371 g/mol. The molecule has 28 heavy (non-hydrogen) atoms. The molecule has 0 radical (unpaired) electrons. The van der Waals surface area contributed by atoms with E-state index >= 15 is 0 Å². The molecule has 0 aliphatic rings. The zero-order chi connectivity index (χ0) is 19.3. The zero-order valence-electron chi connectivity index (χ0n) is 15.1. The predicted molar refractivity (Wildman–Crippen MR) is 105 cm³/mol. The SMILES string of the molecule is O=C(CC(c1ccc(F)cc1)n1ncc(-c2ccccc2)n1)c1ccccc1. The molecular weight excluding hydrogens is 353 g/mol. The van der Waals surface area contributed by atoms with E-state index in [1.807, 2.05) is 48.5 Å². The standard InChI is InChI=1S/C23H18FN3O/c24-20-13-11-18(12-14-20)22(15-23(28)19-9-5-2-6-10-19)27-25-16-21(26-27)17-7-3-1-4-8-17/h1-14,16,22H,15H2. The molecule has 0 N–H and O–H groups in total. The van der Waals surface area contributed by atoms with Crippen LogP contribution in [0.25, 0.3) is 11.3 Å². The fraction of sp³-hybridized carbons (Fsp3) is 0.0870. The lowest BCUT2D eigenvalue weighted by Gasteiger charge is -2.16. The minimum atomic E-state index is -0.425. The molecule has 0 aliphatic carbocycles. The Balaban J connectivity index is 1.68. The average Bonchev–Trinajstić information content (AvgIpc) is 3.24. The van der Waals surface area contributed by atoms with Crippen molar-refractivity contribution in [1.82, 2.24) is 15.0 Å². The molecule has 4 nitrogen and oxygen atoms in total. The van der Waals surface area contributed by atoms with Gasteiger partial charge in [-0.3, -0.25) is 4.79 Å². The summed E-state index contributed by atoms with van der Waals surface area (Å²) in [7, 11) is 0. The van der Waals surface area contributed by atoms with Gasteiger partial charge in [-0.05, 0) is 17.7 Å². The van der Waals surface area contributed by atoms with Crippen molar-refractivity contribution in [1.29, 1.82) is 0 Å². The third-order valence-electron chi connectivity index (χ3n) is 4.59. The van der Waals surface area contributed by atoms with Crippen LogP contribution in [0.4, 0.5) is 4.39 Å². The summed E-state index contributed by atoms with van der Waals surface area (Å²) in [6, 6.07) is 24.5. The van der Waals surface area contributed by atoms with Crippen LogP contribution >= 0.6 is 0 Å². The fourth-order valence-electron chi connectivity index (χ4n) is 3.10. The molecule has 0 saturated heterocycles. The number of benzene rings is 3. The summed E-state index contributed by atoms with van der Waals surface area (Å²) in [5.74, 6) is -0.344. The maximum Gasteiger partial charge on any atom is 0.165 e. The largest absolute Gasteiger partial charge is 0.294 e. The molecule has 0 aliphatic heterocycles. The smallest absolute Gasteiger partial charge is 0.165 e. The normalized spacial score (nSPS) is 11.9. The van der Waals surface area contributed by atoms with Crippen LogP contribution in [0.2, 0.25) is 0 Å². The first-order valence-corrected chi connectivity index (χ1v) is 9.01. The van der Waals surface area contributed by atoms with Gasteiger partial charge < -0.3 is 0 Å². The Morgan fingerprint density at radius 1 is 0.893 bits per heavy atom. The van der Waals surface area contributed by atoms with Gasteiger partial charge in [-0.1, -0.05) is 72.8 Å². The zero-order valence-corrected chi connectivity index (χ0v) is 15.1. The predicted octanol–water partition coefficient (Wildman–Crippen LogP) is 4.95. The van der Waals surface area contributed by atoms with Crippen LogP contribution in [-0.4, -0.2) is 20.8 Å². The molecule has 0 fully saturated rings. The fourth-order valence-corrected chi connectivity index (χ4v) is 3.10. The second-order valence-electron chi connectivity index (χ2n) is 6.48. The van der Waals surface area contributed by atoms with Crippen LogP contribution in [0, 0.1) is 5.82 Å². The molecule has 138 valence electrons. The molecule has 1 atom stereocenters. The highest BCUT2D eigenvalue weighted by molar-refractivity contribution is 5.96. The van der Waals surface area contributed by atoms with Gasteiger partial charge in [0.2, 0.25) is 0 Å². The Labute approximate surface area is 162 Å². The highest BCUT2D eigenvalue weighted by Crippen LogP contribution is 2.25. The number of ketones is 1. The summed E-state index contributed by atoms with van der Waals surface area (Å²) in [5, 5.41) is 8.98. The second-order valence-corrected chi connectivity index (χ2v) is 6.48. The monoisotopic (exact) mass is 371 g/mol. The molecule has 3 aromatic carbocycles. The van der Waals surface area contributed by atoms with E-state index in [0.29, 0.717) is 5.56 Å². The quantitative estimate of drug-likeness (QED) is 0.451. The number of carbonyl (C=O) groups is 1. The highest BCUT2D eigenvalue weighted by atomic mass is 19.1. The van der Waals surface area contributed by atoms with Crippen LogP contribution in [0.3, 0.4) is 0 Å². The Bertz CT molecular complexity index is 1060. The van der Waals surface area contributed by atoms with Gasteiger partial charge in [0.05, 0.1) is 6.20 Å². The Kier molecular flexibility index (Phi) is 5.06. The molecule has 0 saturated carbocycles. The topological polar surface area (TPSA) is 47.8 Å². The minimum absolute atomic E-state index is 0.0199. The number of nitrogens with zero attached hydrogens (tertiary/aromatic N) is 3. The molecule has 4 aromatic rings. The van der Waals surface area contributed by atoms with Gasteiger partial charge in [-0.2, -0.15) is 15.0 Å². The van der Waals surface area contributed by atoms with E-state index in [4.69, 9.17) is 0 Å². The summed E-state index contributed by atoms with van der Waals surface area (Å²) in [5.41, 5.74) is 3.08. The van der Waals surface area contributed by atoms with E-state index in [9.17, 15) is 9.18 Å². The first kappa shape index (κ1) is 17.8. The van der Waals surface area contributed by atoms with E-state index in [1.54, 1.807) is 30.5 Å². The summed E-state index contributed by atoms with van der Waals surface area (Å²) in [4.78, 5) is 14.3. The van der Waals surface area contributed by atoms with Gasteiger partial charge in [0, 0.05) is 17.5 Å². The molecule has 1 aromatic heterocycles. The number of hydrogen-bond acceptors (Lipinski definition) is 3. The van der Waals surface area contributed by atoms with E-state index in [1.165, 1.54) is 16.9 Å². The summed E-state index contributed by atoms with van der Waals surface area (Å²) >= 11 is 0. The number of rotatable bonds is 6. The van der Waals surface area contributed by atoms with Crippen LogP contribution in [0.5, 0.6) is 0 Å². The van der Waals surface area contributed by atoms with Crippen LogP contribution < -0.4 is 0 Å². The van der Waals surface area contributed by atoms with E-state index in [-0.39, 0.29) is 18.0 Å². The molecule has 4 rings (SSSR count). The van der Waals surface area contributed by atoms with Crippen molar-refractivity contribution in [2.75, 3.05) is 0 Å².